The Hall–Kier alpha value is -3.23. The highest BCUT2D eigenvalue weighted by Crippen LogP contribution is 2.42. The Morgan fingerprint density at radius 1 is 1.19 bits per heavy atom. The van der Waals surface area contributed by atoms with Crippen LogP contribution in [-0.4, -0.2) is 61.5 Å². The van der Waals surface area contributed by atoms with Crippen molar-refractivity contribution in [3.8, 4) is 11.5 Å². The first kappa shape index (κ1) is 30.2. The van der Waals surface area contributed by atoms with E-state index in [2.05, 4.69) is 29.9 Å². The summed E-state index contributed by atoms with van der Waals surface area (Å²) in [6.07, 6.45) is -1.02. The number of anilines is 1. The predicted octanol–water partition coefficient (Wildman–Crippen LogP) is 7.08. The van der Waals surface area contributed by atoms with E-state index in [1.54, 1.807) is 4.90 Å². The first-order valence-corrected chi connectivity index (χ1v) is 17.4. The van der Waals surface area contributed by atoms with Gasteiger partial charge in [0.1, 0.15) is 18.1 Å². The topological polar surface area (TPSA) is 77.9 Å². The number of nitrogens with zero attached hydrogens (tertiary/aromatic N) is 3. The first-order valence-electron chi connectivity index (χ1n) is 13.7. The SMILES string of the molecule is C[Si](C)(C)CCOCn1cc(C(F)(F)F)c2c(Oc3c(F)cc(NC(=O)N4CCCC5(COC5)C4)cc3F)ccnc21. The zero-order chi connectivity index (χ0) is 30.3. The highest BCUT2D eigenvalue weighted by molar-refractivity contribution is 6.76. The minimum atomic E-state index is -4.80. The molecule has 42 heavy (non-hydrogen) atoms. The standard InChI is InChI=1S/C28H33F5N4O4Si/c1-42(2,3)10-9-39-17-37-13-19(28(31,32)33)23-22(5-7-34-25(23)37)41-24-20(29)11-18(12-21(24)30)35-26(38)36-8-4-6-27(14-36)15-40-16-27/h5,7,11-13H,4,6,8-10,14-17H2,1-3H3,(H,35,38). The van der Waals surface area contributed by atoms with Crippen molar-refractivity contribution >= 4 is 30.8 Å². The summed E-state index contributed by atoms with van der Waals surface area (Å²) in [5, 5.41) is 2.05. The number of urea groups is 1. The summed E-state index contributed by atoms with van der Waals surface area (Å²) in [7, 11) is -1.42. The monoisotopic (exact) mass is 612 g/mol. The average Bonchev–Trinajstić information content (AvgIpc) is 3.27. The number of aromatic nitrogens is 2. The van der Waals surface area contributed by atoms with Crippen LogP contribution in [0.1, 0.15) is 18.4 Å². The van der Waals surface area contributed by atoms with Crippen molar-refractivity contribution in [2.75, 3.05) is 38.2 Å². The van der Waals surface area contributed by atoms with Crippen molar-refractivity contribution in [3.05, 3.63) is 47.8 Å². The summed E-state index contributed by atoms with van der Waals surface area (Å²) in [5.41, 5.74) is -1.40. The van der Waals surface area contributed by atoms with E-state index in [9.17, 15) is 18.0 Å². The van der Waals surface area contributed by atoms with Crippen LogP contribution < -0.4 is 10.1 Å². The van der Waals surface area contributed by atoms with E-state index in [4.69, 9.17) is 14.2 Å². The van der Waals surface area contributed by atoms with Crippen molar-refractivity contribution in [1.29, 1.82) is 0 Å². The molecule has 0 aliphatic carbocycles. The number of alkyl halides is 3. The third-order valence-corrected chi connectivity index (χ3v) is 9.18. The highest BCUT2D eigenvalue weighted by atomic mass is 28.3. The van der Waals surface area contributed by atoms with E-state index >= 15 is 8.78 Å². The Morgan fingerprint density at radius 2 is 1.90 bits per heavy atom. The van der Waals surface area contributed by atoms with Crippen LogP contribution >= 0.6 is 0 Å². The van der Waals surface area contributed by atoms with Crippen molar-refractivity contribution in [3.63, 3.8) is 0 Å². The molecular weight excluding hydrogens is 579 g/mol. The minimum absolute atomic E-state index is 0.0754. The molecule has 2 fully saturated rings. The molecule has 5 rings (SSSR count). The quantitative estimate of drug-likeness (QED) is 0.167. The molecule has 0 radical (unpaired) electrons. The third-order valence-electron chi connectivity index (χ3n) is 7.48. The highest BCUT2D eigenvalue weighted by Gasteiger charge is 2.43. The molecule has 1 aromatic carbocycles. The lowest BCUT2D eigenvalue weighted by atomic mass is 9.78. The molecule has 3 aromatic rings. The van der Waals surface area contributed by atoms with Crippen LogP contribution in [0.15, 0.2) is 30.6 Å². The Kier molecular flexibility index (Phi) is 8.24. The van der Waals surface area contributed by atoms with E-state index < -0.39 is 54.4 Å². The lowest BCUT2D eigenvalue weighted by molar-refractivity contribution is -0.137. The molecule has 0 saturated carbocycles. The molecule has 14 heteroatoms. The Labute approximate surface area is 240 Å². The molecule has 0 atom stereocenters. The molecule has 2 aliphatic rings. The molecule has 0 unspecified atom stereocenters. The second kappa shape index (κ2) is 11.5. The van der Waals surface area contributed by atoms with Gasteiger partial charge in [-0.3, -0.25) is 0 Å². The van der Waals surface area contributed by atoms with Crippen LogP contribution in [0, 0.1) is 17.0 Å². The molecule has 1 spiro atoms. The molecule has 2 amide bonds. The van der Waals surface area contributed by atoms with Gasteiger partial charge in [0.25, 0.3) is 0 Å². The summed E-state index contributed by atoms with van der Waals surface area (Å²) >= 11 is 0. The number of ether oxygens (including phenoxy) is 3. The third kappa shape index (κ3) is 6.55. The van der Waals surface area contributed by atoms with Gasteiger partial charge in [0, 0.05) is 63.4 Å². The maximum Gasteiger partial charge on any atom is 0.418 e. The fourth-order valence-electron chi connectivity index (χ4n) is 5.18. The zero-order valence-electron chi connectivity index (χ0n) is 23.6. The van der Waals surface area contributed by atoms with Gasteiger partial charge in [-0.2, -0.15) is 13.2 Å². The first-order chi connectivity index (χ1) is 19.7. The average molecular weight is 613 g/mol. The van der Waals surface area contributed by atoms with E-state index in [1.807, 2.05) is 0 Å². The van der Waals surface area contributed by atoms with Gasteiger partial charge in [-0.05, 0) is 25.0 Å². The van der Waals surface area contributed by atoms with Gasteiger partial charge < -0.3 is 29.0 Å². The molecule has 2 aliphatic heterocycles. The van der Waals surface area contributed by atoms with Gasteiger partial charge in [0.2, 0.25) is 0 Å². The van der Waals surface area contributed by atoms with Gasteiger partial charge in [-0.1, -0.05) is 19.6 Å². The number of halogens is 5. The summed E-state index contributed by atoms with van der Waals surface area (Å²) in [4.78, 5) is 18.4. The Bertz CT molecular complexity index is 1450. The van der Waals surface area contributed by atoms with Crippen molar-refractivity contribution in [2.45, 2.75) is 51.4 Å². The number of carbonyl (C=O) groups excluding carboxylic acids is 1. The van der Waals surface area contributed by atoms with Crippen LogP contribution in [0.3, 0.4) is 0 Å². The number of piperidine rings is 1. The summed E-state index contributed by atoms with van der Waals surface area (Å²) < 4.78 is 89.8. The van der Waals surface area contributed by atoms with Crippen LogP contribution in [0.5, 0.6) is 11.5 Å². The largest absolute Gasteiger partial charge is 0.450 e. The maximum atomic E-state index is 15.1. The fourth-order valence-corrected chi connectivity index (χ4v) is 5.93. The molecule has 2 aromatic heterocycles. The number of carbonyl (C=O) groups is 1. The molecule has 4 heterocycles. The Balaban J connectivity index is 1.36. The van der Waals surface area contributed by atoms with Gasteiger partial charge in [0.05, 0.1) is 24.2 Å². The van der Waals surface area contributed by atoms with Gasteiger partial charge in [-0.25, -0.2) is 18.6 Å². The van der Waals surface area contributed by atoms with E-state index in [0.717, 1.165) is 43.3 Å². The number of hydrogen-bond donors (Lipinski definition) is 1. The Morgan fingerprint density at radius 3 is 2.52 bits per heavy atom. The van der Waals surface area contributed by atoms with Gasteiger partial charge in [-0.15, -0.1) is 0 Å². The molecular formula is C28H33F5N4O4Si. The van der Waals surface area contributed by atoms with E-state index in [0.29, 0.717) is 32.9 Å². The van der Waals surface area contributed by atoms with Gasteiger partial charge in [0.15, 0.2) is 17.4 Å². The van der Waals surface area contributed by atoms with Crippen LogP contribution in [-0.2, 0) is 22.4 Å². The number of nitrogens with one attached hydrogen (secondary N) is 1. The van der Waals surface area contributed by atoms with Crippen molar-refractivity contribution in [2.24, 2.45) is 5.41 Å². The lowest BCUT2D eigenvalue weighted by Crippen LogP contribution is -2.56. The molecule has 228 valence electrons. The van der Waals surface area contributed by atoms with Crippen molar-refractivity contribution in [1.82, 2.24) is 14.5 Å². The summed E-state index contributed by atoms with van der Waals surface area (Å²) in [5.74, 6) is -3.72. The fraction of sp³-hybridized carbons (Fsp3) is 0.500. The van der Waals surface area contributed by atoms with Gasteiger partial charge >= 0.3 is 12.2 Å². The number of fused-ring (bicyclic) bond motifs is 1. The summed E-state index contributed by atoms with van der Waals surface area (Å²) in [6, 6.07) is 3.15. The number of rotatable bonds is 8. The normalized spacial score (nSPS) is 17.0. The number of amides is 2. The summed E-state index contributed by atoms with van der Waals surface area (Å²) in [6.45, 7) is 8.77. The number of benzene rings is 1. The van der Waals surface area contributed by atoms with Crippen LogP contribution in [0.4, 0.5) is 32.4 Å². The second-order valence-electron chi connectivity index (χ2n) is 12.2. The molecule has 0 bridgehead atoms. The molecule has 1 N–H and O–H groups in total. The second-order valence-corrected chi connectivity index (χ2v) is 17.8. The maximum absolute atomic E-state index is 15.1. The van der Waals surface area contributed by atoms with Crippen LogP contribution in [0.25, 0.3) is 11.0 Å². The number of likely N-dealkylation sites (tertiary alicyclic amines) is 1. The van der Waals surface area contributed by atoms with Crippen molar-refractivity contribution < 1.29 is 41.0 Å². The number of hydrogen-bond acceptors (Lipinski definition) is 5. The smallest absolute Gasteiger partial charge is 0.418 e. The number of pyridine rings is 1. The molecule has 8 nitrogen and oxygen atoms in total. The van der Waals surface area contributed by atoms with E-state index in [-0.39, 0.29) is 23.5 Å². The molecule has 2 saturated heterocycles. The zero-order valence-corrected chi connectivity index (χ0v) is 24.6. The predicted molar refractivity (Wildman–Crippen MR) is 148 cm³/mol. The van der Waals surface area contributed by atoms with E-state index in [1.165, 1.54) is 10.8 Å². The lowest BCUT2D eigenvalue weighted by Gasteiger charge is -2.48. The van der Waals surface area contributed by atoms with Crippen LogP contribution in [0.2, 0.25) is 25.7 Å². The minimum Gasteiger partial charge on any atom is -0.450 e.